The Morgan fingerprint density at radius 3 is 2.84 bits per heavy atom. The van der Waals surface area contributed by atoms with E-state index in [9.17, 15) is 4.79 Å². The Labute approximate surface area is 114 Å². The zero-order valence-corrected chi connectivity index (χ0v) is 11.9. The number of aromatic nitrogens is 1. The molecule has 0 aliphatic heterocycles. The van der Waals surface area contributed by atoms with E-state index < -0.39 is 0 Å². The Morgan fingerprint density at radius 1 is 1.47 bits per heavy atom. The number of carbonyl (C=O) groups excluding carboxylic acids is 1. The molecule has 0 aromatic carbocycles. The van der Waals surface area contributed by atoms with Gasteiger partial charge in [-0.05, 0) is 24.5 Å². The van der Waals surface area contributed by atoms with Gasteiger partial charge < -0.3 is 15.4 Å². The van der Waals surface area contributed by atoms with E-state index >= 15 is 0 Å². The summed E-state index contributed by atoms with van der Waals surface area (Å²) in [5.41, 5.74) is 1.37. The van der Waals surface area contributed by atoms with E-state index in [1.165, 1.54) is 0 Å². The quantitative estimate of drug-likeness (QED) is 0.753. The molecule has 1 unspecified atom stereocenters. The first-order chi connectivity index (χ1) is 9.17. The largest absolute Gasteiger partial charge is 0.384 e. The standard InChI is InChI=1S/C14H23N3O2/c1-4-7-15-12-5-6-13(16-9-12)14(18)17-8-11(2)10-19-3/h5-6,9,11,15H,4,7-8,10H2,1-3H3,(H,17,18). The Morgan fingerprint density at radius 2 is 2.26 bits per heavy atom. The first kappa shape index (κ1) is 15.4. The predicted octanol–water partition coefficient (Wildman–Crippen LogP) is 1.92. The van der Waals surface area contributed by atoms with Crippen molar-refractivity contribution < 1.29 is 9.53 Å². The molecule has 0 fully saturated rings. The molecule has 1 aromatic heterocycles. The summed E-state index contributed by atoms with van der Waals surface area (Å²) in [6, 6.07) is 3.60. The van der Waals surface area contributed by atoms with Gasteiger partial charge in [0, 0.05) is 20.2 Å². The predicted molar refractivity (Wildman–Crippen MR) is 76.4 cm³/mol. The molecule has 0 saturated heterocycles. The molecule has 0 aliphatic carbocycles. The summed E-state index contributed by atoms with van der Waals surface area (Å²) >= 11 is 0. The highest BCUT2D eigenvalue weighted by atomic mass is 16.5. The van der Waals surface area contributed by atoms with E-state index in [-0.39, 0.29) is 5.91 Å². The van der Waals surface area contributed by atoms with E-state index in [1.54, 1.807) is 19.4 Å². The summed E-state index contributed by atoms with van der Waals surface area (Å²) in [7, 11) is 1.65. The van der Waals surface area contributed by atoms with E-state index in [0.717, 1.165) is 18.7 Å². The lowest BCUT2D eigenvalue weighted by Crippen LogP contribution is -2.30. The van der Waals surface area contributed by atoms with Gasteiger partial charge in [-0.2, -0.15) is 0 Å². The molecule has 1 amide bonds. The summed E-state index contributed by atoms with van der Waals surface area (Å²) in [4.78, 5) is 16.0. The number of hydrogen-bond acceptors (Lipinski definition) is 4. The number of hydrogen-bond donors (Lipinski definition) is 2. The third-order valence-electron chi connectivity index (χ3n) is 2.64. The van der Waals surface area contributed by atoms with E-state index in [4.69, 9.17) is 4.74 Å². The third-order valence-corrected chi connectivity index (χ3v) is 2.64. The van der Waals surface area contributed by atoms with Crippen LogP contribution in [0.15, 0.2) is 18.3 Å². The molecule has 1 rings (SSSR count). The zero-order chi connectivity index (χ0) is 14.1. The number of nitrogens with zero attached hydrogens (tertiary/aromatic N) is 1. The average molecular weight is 265 g/mol. The molecule has 1 atom stereocenters. The fourth-order valence-electron chi connectivity index (χ4n) is 1.60. The van der Waals surface area contributed by atoms with Crippen molar-refractivity contribution in [3.8, 4) is 0 Å². The molecule has 1 heterocycles. The van der Waals surface area contributed by atoms with Crippen LogP contribution in [0.5, 0.6) is 0 Å². The van der Waals surface area contributed by atoms with Crippen LogP contribution in [-0.2, 0) is 4.74 Å². The van der Waals surface area contributed by atoms with Crippen LogP contribution in [-0.4, -0.2) is 37.7 Å². The highest BCUT2D eigenvalue weighted by molar-refractivity contribution is 5.92. The summed E-state index contributed by atoms with van der Waals surface area (Å²) in [6.45, 7) is 6.25. The maximum atomic E-state index is 11.8. The van der Waals surface area contributed by atoms with Crippen molar-refractivity contribution in [3.63, 3.8) is 0 Å². The van der Waals surface area contributed by atoms with E-state index in [1.807, 2.05) is 13.0 Å². The topological polar surface area (TPSA) is 63.2 Å². The van der Waals surface area contributed by atoms with Crippen LogP contribution < -0.4 is 10.6 Å². The minimum absolute atomic E-state index is 0.148. The zero-order valence-electron chi connectivity index (χ0n) is 11.9. The van der Waals surface area contributed by atoms with Crippen molar-refractivity contribution >= 4 is 11.6 Å². The Bertz CT molecular complexity index is 379. The highest BCUT2D eigenvalue weighted by Crippen LogP contribution is 2.06. The van der Waals surface area contributed by atoms with Crippen molar-refractivity contribution in [2.45, 2.75) is 20.3 Å². The molecule has 1 aromatic rings. The molecule has 0 bridgehead atoms. The smallest absolute Gasteiger partial charge is 0.269 e. The fourth-order valence-corrected chi connectivity index (χ4v) is 1.60. The third kappa shape index (κ3) is 5.70. The van der Waals surface area contributed by atoms with Crippen LogP contribution in [0.4, 0.5) is 5.69 Å². The molecule has 2 N–H and O–H groups in total. The molecule has 0 aliphatic rings. The van der Waals surface area contributed by atoms with Gasteiger partial charge in [0.05, 0.1) is 18.5 Å². The van der Waals surface area contributed by atoms with Crippen molar-refractivity contribution in [3.05, 3.63) is 24.0 Å². The number of anilines is 1. The first-order valence-electron chi connectivity index (χ1n) is 6.64. The van der Waals surface area contributed by atoms with Gasteiger partial charge in [0.15, 0.2) is 0 Å². The van der Waals surface area contributed by atoms with Gasteiger partial charge in [-0.3, -0.25) is 4.79 Å². The lowest BCUT2D eigenvalue weighted by Gasteiger charge is -2.11. The van der Waals surface area contributed by atoms with Gasteiger partial charge in [-0.1, -0.05) is 13.8 Å². The average Bonchev–Trinajstić information content (AvgIpc) is 2.43. The molecule has 5 nitrogen and oxygen atoms in total. The number of pyridine rings is 1. The molecule has 0 spiro atoms. The van der Waals surface area contributed by atoms with Crippen molar-refractivity contribution in [1.29, 1.82) is 0 Å². The van der Waals surface area contributed by atoms with Crippen LogP contribution in [0.3, 0.4) is 0 Å². The molecule has 19 heavy (non-hydrogen) atoms. The maximum Gasteiger partial charge on any atom is 0.269 e. The minimum atomic E-state index is -0.148. The number of ether oxygens (including phenoxy) is 1. The monoisotopic (exact) mass is 265 g/mol. The van der Waals surface area contributed by atoms with Crippen LogP contribution in [0.1, 0.15) is 30.8 Å². The number of rotatable bonds is 8. The molecule has 5 heteroatoms. The van der Waals surface area contributed by atoms with Crippen LogP contribution >= 0.6 is 0 Å². The molecule has 0 saturated carbocycles. The lowest BCUT2D eigenvalue weighted by molar-refractivity contribution is 0.0929. The Hall–Kier alpha value is -1.62. The Kier molecular flexibility index (Phi) is 6.89. The summed E-state index contributed by atoms with van der Waals surface area (Å²) in [6.07, 6.45) is 2.74. The molecule has 106 valence electrons. The fraction of sp³-hybridized carbons (Fsp3) is 0.571. The van der Waals surface area contributed by atoms with E-state index in [0.29, 0.717) is 24.8 Å². The van der Waals surface area contributed by atoms with Crippen LogP contribution in [0.2, 0.25) is 0 Å². The highest BCUT2D eigenvalue weighted by Gasteiger charge is 2.08. The SMILES string of the molecule is CCCNc1ccc(C(=O)NCC(C)COC)nc1. The second kappa shape index (κ2) is 8.48. The van der Waals surface area contributed by atoms with Crippen molar-refractivity contribution in [1.82, 2.24) is 10.3 Å². The number of amides is 1. The lowest BCUT2D eigenvalue weighted by atomic mass is 10.2. The second-order valence-corrected chi connectivity index (χ2v) is 4.63. The Balaban J connectivity index is 2.44. The van der Waals surface area contributed by atoms with Crippen LogP contribution in [0, 0.1) is 5.92 Å². The van der Waals surface area contributed by atoms with Gasteiger partial charge in [0.25, 0.3) is 5.91 Å². The minimum Gasteiger partial charge on any atom is -0.384 e. The molecular weight excluding hydrogens is 242 g/mol. The van der Waals surface area contributed by atoms with Crippen molar-refractivity contribution in [2.24, 2.45) is 5.92 Å². The van der Waals surface area contributed by atoms with E-state index in [2.05, 4.69) is 22.5 Å². The molecule has 0 radical (unpaired) electrons. The van der Waals surface area contributed by atoms with Gasteiger partial charge in [-0.25, -0.2) is 4.98 Å². The van der Waals surface area contributed by atoms with Crippen LogP contribution in [0.25, 0.3) is 0 Å². The molecular formula is C14H23N3O2. The first-order valence-corrected chi connectivity index (χ1v) is 6.64. The van der Waals surface area contributed by atoms with Gasteiger partial charge in [0.2, 0.25) is 0 Å². The number of carbonyl (C=O) groups is 1. The number of nitrogens with one attached hydrogen (secondary N) is 2. The summed E-state index contributed by atoms with van der Waals surface area (Å²) < 4.78 is 5.02. The summed E-state index contributed by atoms with van der Waals surface area (Å²) in [5, 5.41) is 6.06. The van der Waals surface area contributed by atoms with Gasteiger partial charge in [-0.15, -0.1) is 0 Å². The van der Waals surface area contributed by atoms with Crippen molar-refractivity contribution in [2.75, 3.05) is 32.1 Å². The summed E-state index contributed by atoms with van der Waals surface area (Å²) in [5.74, 6) is 0.143. The number of methoxy groups -OCH3 is 1. The van der Waals surface area contributed by atoms with Gasteiger partial charge >= 0.3 is 0 Å². The van der Waals surface area contributed by atoms with Gasteiger partial charge in [0.1, 0.15) is 5.69 Å². The second-order valence-electron chi connectivity index (χ2n) is 4.63. The maximum absolute atomic E-state index is 11.8. The normalized spacial score (nSPS) is 11.9.